The van der Waals surface area contributed by atoms with Crippen LogP contribution in [0.1, 0.15) is 41.3 Å². The molecule has 3 nitrogen and oxygen atoms in total. The first-order chi connectivity index (χ1) is 8.07. The van der Waals surface area contributed by atoms with E-state index in [1.165, 1.54) is 17.7 Å². The van der Waals surface area contributed by atoms with Crippen LogP contribution in [0.25, 0.3) is 0 Å². The Balaban J connectivity index is 2.07. The Morgan fingerprint density at radius 1 is 1.41 bits per heavy atom. The molecule has 4 heteroatoms. The fourth-order valence-electron chi connectivity index (χ4n) is 2.70. The molecule has 0 aliphatic heterocycles. The summed E-state index contributed by atoms with van der Waals surface area (Å²) in [6.45, 7) is 4.17. The second kappa shape index (κ2) is 5.04. The van der Waals surface area contributed by atoms with E-state index in [2.05, 4.69) is 18.8 Å². The van der Waals surface area contributed by atoms with Crippen molar-refractivity contribution in [1.82, 2.24) is 4.98 Å². The van der Waals surface area contributed by atoms with E-state index < -0.39 is 0 Å². The van der Waals surface area contributed by atoms with Crippen molar-refractivity contribution >= 4 is 11.3 Å². The van der Waals surface area contributed by atoms with Crippen LogP contribution in [-0.4, -0.2) is 23.7 Å². The highest BCUT2D eigenvalue weighted by molar-refractivity contribution is 7.11. The van der Waals surface area contributed by atoms with Gasteiger partial charge in [0.15, 0.2) is 0 Å². The lowest BCUT2D eigenvalue weighted by molar-refractivity contribution is -0.0253. The number of thiazole rings is 1. The van der Waals surface area contributed by atoms with E-state index in [4.69, 9.17) is 10.5 Å². The molecule has 2 rings (SSSR count). The van der Waals surface area contributed by atoms with E-state index in [0.29, 0.717) is 0 Å². The maximum absolute atomic E-state index is 6.36. The molecule has 96 valence electrons. The summed E-state index contributed by atoms with van der Waals surface area (Å²) in [6.07, 6.45) is 5.49. The van der Waals surface area contributed by atoms with Crippen LogP contribution in [0.3, 0.4) is 0 Å². The van der Waals surface area contributed by atoms with Gasteiger partial charge in [0.1, 0.15) is 0 Å². The molecule has 1 fully saturated rings. The molecule has 0 amide bonds. The molecule has 1 saturated carbocycles. The van der Waals surface area contributed by atoms with E-state index in [1.54, 1.807) is 18.4 Å². The Morgan fingerprint density at radius 3 is 2.53 bits per heavy atom. The molecule has 17 heavy (non-hydrogen) atoms. The molecule has 1 aliphatic carbocycles. The van der Waals surface area contributed by atoms with Gasteiger partial charge in [0.2, 0.25) is 0 Å². The Morgan fingerprint density at radius 2 is 2.06 bits per heavy atom. The summed E-state index contributed by atoms with van der Waals surface area (Å²) in [5.74, 6) is 0. The third-order valence-electron chi connectivity index (χ3n) is 4.00. The highest BCUT2D eigenvalue weighted by atomic mass is 32.1. The van der Waals surface area contributed by atoms with Gasteiger partial charge in [-0.2, -0.15) is 0 Å². The molecule has 2 N–H and O–H groups in total. The van der Waals surface area contributed by atoms with Gasteiger partial charge in [0.05, 0.1) is 16.3 Å². The number of ether oxygens (including phenoxy) is 1. The zero-order valence-electron chi connectivity index (χ0n) is 11.0. The van der Waals surface area contributed by atoms with Gasteiger partial charge in [-0.15, -0.1) is 11.3 Å². The van der Waals surface area contributed by atoms with Crippen molar-refractivity contribution in [3.8, 4) is 0 Å². The maximum Gasteiger partial charge on any atom is 0.0947 e. The molecule has 0 radical (unpaired) electrons. The SMILES string of the molecule is COC1(C(N)Cc2nc(C)c(C)s2)CCCC1. The Kier molecular flexibility index (Phi) is 3.85. The molecule has 1 unspecified atom stereocenters. The first-order valence-corrected chi connectivity index (χ1v) is 7.13. The average Bonchev–Trinajstić information content (AvgIpc) is 2.88. The number of nitrogens with two attached hydrogens (primary N) is 1. The third kappa shape index (κ3) is 2.54. The average molecular weight is 254 g/mol. The van der Waals surface area contributed by atoms with Crippen LogP contribution >= 0.6 is 11.3 Å². The second-order valence-corrected chi connectivity index (χ2v) is 6.32. The van der Waals surface area contributed by atoms with Crippen LogP contribution in [-0.2, 0) is 11.2 Å². The van der Waals surface area contributed by atoms with Crippen molar-refractivity contribution in [2.24, 2.45) is 5.73 Å². The summed E-state index contributed by atoms with van der Waals surface area (Å²) in [6, 6.07) is 0.0694. The van der Waals surface area contributed by atoms with Crippen LogP contribution in [0.15, 0.2) is 0 Å². The van der Waals surface area contributed by atoms with E-state index in [9.17, 15) is 0 Å². The first kappa shape index (κ1) is 13.0. The summed E-state index contributed by atoms with van der Waals surface area (Å²) in [5, 5.41) is 1.15. The number of aromatic nitrogens is 1. The Labute approximate surface area is 107 Å². The topological polar surface area (TPSA) is 48.1 Å². The molecular weight excluding hydrogens is 232 g/mol. The van der Waals surface area contributed by atoms with Crippen molar-refractivity contribution in [3.63, 3.8) is 0 Å². The predicted molar refractivity (Wildman–Crippen MR) is 71.5 cm³/mol. The molecular formula is C13H22N2OS. The standard InChI is InChI=1S/C13H22N2OS/c1-9-10(2)17-12(15-9)8-11(14)13(16-3)6-4-5-7-13/h11H,4-8,14H2,1-3H3. The zero-order chi connectivity index (χ0) is 12.5. The van der Waals surface area contributed by atoms with E-state index in [1.807, 2.05) is 0 Å². The Hall–Kier alpha value is -0.450. The normalized spacial score (nSPS) is 20.7. The van der Waals surface area contributed by atoms with Crippen molar-refractivity contribution < 1.29 is 4.74 Å². The fraction of sp³-hybridized carbons (Fsp3) is 0.769. The zero-order valence-corrected chi connectivity index (χ0v) is 11.8. The molecule has 0 spiro atoms. The van der Waals surface area contributed by atoms with Crippen molar-refractivity contribution in [2.45, 2.75) is 57.6 Å². The number of hydrogen-bond acceptors (Lipinski definition) is 4. The lowest BCUT2D eigenvalue weighted by Gasteiger charge is -2.33. The third-order valence-corrected chi connectivity index (χ3v) is 5.09. The minimum atomic E-state index is -0.104. The quantitative estimate of drug-likeness (QED) is 0.898. The van der Waals surface area contributed by atoms with Crippen LogP contribution in [0.5, 0.6) is 0 Å². The monoisotopic (exact) mass is 254 g/mol. The molecule has 0 saturated heterocycles. The molecule has 1 aromatic rings. The number of nitrogens with zero attached hydrogens (tertiary/aromatic N) is 1. The van der Waals surface area contributed by atoms with Crippen molar-refractivity contribution in [2.75, 3.05) is 7.11 Å². The highest BCUT2D eigenvalue weighted by Crippen LogP contribution is 2.36. The van der Waals surface area contributed by atoms with Gasteiger partial charge in [-0.1, -0.05) is 12.8 Å². The predicted octanol–water partition coefficient (Wildman–Crippen LogP) is 2.59. The first-order valence-electron chi connectivity index (χ1n) is 6.31. The van der Waals surface area contributed by atoms with Gasteiger partial charge in [0.25, 0.3) is 0 Å². The maximum atomic E-state index is 6.36. The van der Waals surface area contributed by atoms with Crippen LogP contribution in [0, 0.1) is 13.8 Å². The van der Waals surface area contributed by atoms with Gasteiger partial charge in [-0.05, 0) is 26.7 Å². The summed E-state index contributed by atoms with van der Waals surface area (Å²) < 4.78 is 5.72. The van der Waals surface area contributed by atoms with Gasteiger partial charge in [-0.25, -0.2) is 4.98 Å². The minimum Gasteiger partial charge on any atom is -0.377 e. The minimum absolute atomic E-state index is 0.0694. The summed E-state index contributed by atoms with van der Waals surface area (Å²) >= 11 is 1.76. The molecule has 1 aliphatic rings. The fourth-order valence-corrected chi connectivity index (χ4v) is 3.69. The van der Waals surface area contributed by atoms with Gasteiger partial charge >= 0.3 is 0 Å². The number of aryl methyl sites for hydroxylation is 2. The summed E-state index contributed by atoms with van der Waals surface area (Å²) in [7, 11) is 1.80. The van der Waals surface area contributed by atoms with Gasteiger partial charge < -0.3 is 10.5 Å². The van der Waals surface area contributed by atoms with Gasteiger partial charge in [0, 0.05) is 24.4 Å². The molecule has 1 aromatic heterocycles. The number of rotatable bonds is 4. The molecule has 0 bridgehead atoms. The lowest BCUT2D eigenvalue weighted by atomic mass is 9.90. The van der Waals surface area contributed by atoms with Crippen LogP contribution < -0.4 is 5.73 Å². The van der Waals surface area contributed by atoms with Crippen LogP contribution in [0.2, 0.25) is 0 Å². The van der Waals surface area contributed by atoms with Crippen molar-refractivity contribution in [1.29, 1.82) is 0 Å². The highest BCUT2D eigenvalue weighted by Gasteiger charge is 2.39. The molecule has 0 aromatic carbocycles. The van der Waals surface area contributed by atoms with Crippen molar-refractivity contribution in [3.05, 3.63) is 15.6 Å². The van der Waals surface area contributed by atoms with Gasteiger partial charge in [-0.3, -0.25) is 0 Å². The lowest BCUT2D eigenvalue weighted by Crippen LogP contribution is -2.48. The smallest absolute Gasteiger partial charge is 0.0947 e. The van der Waals surface area contributed by atoms with E-state index in [-0.39, 0.29) is 11.6 Å². The van der Waals surface area contributed by atoms with E-state index >= 15 is 0 Å². The Bertz CT molecular complexity index is 363. The number of methoxy groups -OCH3 is 1. The molecule has 1 heterocycles. The summed E-state index contributed by atoms with van der Waals surface area (Å²) in [4.78, 5) is 5.87. The summed E-state index contributed by atoms with van der Waals surface area (Å²) in [5.41, 5.74) is 7.39. The van der Waals surface area contributed by atoms with E-state index in [0.717, 1.165) is 30.0 Å². The van der Waals surface area contributed by atoms with Crippen LogP contribution in [0.4, 0.5) is 0 Å². The molecule has 1 atom stereocenters. The largest absolute Gasteiger partial charge is 0.377 e. The number of hydrogen-bond donors (Lipinski definition) is 1. The second-order valence-electron chi connectivity index (χ2n) is 5.04.